The van der Waals surface area contributed by atoms with Gasteiger partial charge in [0.25, 0.3) is 0 Å². The molecule has 1 N–H and O–H groups in total. The van der Waals surface area contributed by atoms with E-state index >= 15 is 0 Å². The Morgan fingerprint density at radius 2 is 2.14 bits per heavy atom. The predicted molar refractivity (Wildman–Crippen MR) is 60.9 cm³/mol. The van der Waals surface area contributed by atoms with E-state index in [2.05, 4.69) is 23.4 Å². The number of hydrogen-bond acceptors (Lipinski definition) is 1. The van der Waals surface area contributed by atoms with E-state index in [4.69, 9.17) is 12.2 Å². The molecule has 1 aromatic heterocycles. The molecule has 0 aromatic carbocycles. The Bertz CT molecular complexity index is 369. The molecule has 1 saturated carbocycles. The maximum atomic E-state index is 5.26. The molecule has 1 aliphatic rings. The fraction of sp³-hybridized carbons (Fsp3) is 0.727. The Hall–Kier alpha value is -0.570. The van der Waals surface area contributed by atoms with Crippen LogP contribution in [0.2, 0.25) is 0 Å². The molecule has 0 amide bonds. The van der Waals surface area contributed by atoms with Crippen LogP contribution in [0.5, 0.6) is 0 Å². The highest BCUT2D eigenvalue weighted by atomic mass is 32.1. The molecule has 0 bridgehead atoms. The third-order valence-electron chi connectivity index (χ3n) is 3.43. The summed E-state index contributed by atoms with van der Waals surface area (Å²) in [6.45, 7) is 5.58. The molecule has 0 atom stereocenters. The number of aromatic nitrogens is 2. The van der Waals surface area contributed by atoms with E-state index in [1.807, 2.05) is 6.20 Å². The molecule has 78 valence electrons. The minimum Gasteiger partial charge on any atom is -0.337 e. The molecule has 3 heteroatoms. The molecular weight excluding hydrogens is 192 g/mol. The third-order valence-corrected chi connectivity index (χ3v) is 3.76. The zero-order chi connectivity index (χ0) is 10.2. The van der Waals surface area contributed by atoms with Crippen LogP contribution in [0.3, 0.4) is 0 Å². The van der Waals surface area contributed by atoms with Gasteiger partial charge in [-0.1, -0.05) is 19.8 Å². The van der Waals surface area contributed by atoms with Crippen LogP contribution in [0, 0.1) is 17.1 Å². The van der Waals surface area contributed by atoms with Crippen LogP contribution < -0.4 is 0 Å². The lowest BCUT2D eigenvalue weighted by molar-refractivity contribution is 0.278. The lowest BCUT2D eigenvalue weighted by atomic mass is 9.89. The van der Waals surface area contributed by atoms with Crippen molar-refractivity contribution in [1.82, 2.24) is 9.55 Å². The van der Waals surface area contributed by atoms with Gasteiger partial charge in [0.2, 0.25) is 0 Å². The van der Waals surface area contributed by atoms with E-state index in [1.54, 1.807) is 0 Å². The SMILES string of the molecule is Cc1c[nH]c(=S)n1CC1(C)CCCC1. The number of nitrogens with zero attached hydrogens (tertiary/aromatic N) is 1. The smallest absolute Gasteiger partial charge is 0.177 e. The zero-order valence-electron chi connectivity index (χ0n) is 8.97. The Kier molecular flexibility index (Phi) is 2.52. The second-order valence-corrected chi connectivity index (χ2v) is 5.23. The summed E-state index contributed by atoms with van der Waals surface area (Å²) in [5.41, 5.74) is 1.73. The van der Waals surface area contributed by atoms with Crippen LogP contribution in [0.15, 0.2) is 6.20 Å². The minimum atomic E-state index is 0.477. The number of hydrogen-bond donors (Lipinski definition) is 1. The standard InChI is InChI=1S/C11H18N2S/c1-9-7-12-10(14)13(9)8-11(2)5-3-4-6-11/h7H,3-6,8H2,1-2H3,(H,12,14). The van der Waals surface area contributed by atoms with Crippen LogP contribution in [0.1, 0.15) is 38.3 Å². The van der Waals surface area contributed by atoms with Crippen LogP contribution in [-0.2, 0) is 6.54 Å². The molecule has 2 nitrogen and oxygen atoms in total. The number of imidazole rings is 1. The van der Waals surface area contributed by atoms with Crippen LogP contribution in [-0.4, -0.2) is 9.55 Å². The number of rotatable bonds is 2. The molecule has 0 radical (unpaired) electrons. The van der Waals surface area contributed by atoms with Gasteiger partial charge in [-0.3, -0.25) is 0 Å². The predicted octanol–water partition coefficient (Wildman–Crippen LogP) is 3.43. The van der Waals surface area contributed by atoms with Gasteiger partial charge >= 0.3 is 0 Å². The average molecular weight is 210 g/mol. The number of aromatic amines is 1. The lowest BCUT2D eigenvalue weighted by Gasteiger charge is -2.24. The van der Waals surface area contributed by atoms with E-state index in [0.717, 1.165) is 11.3 Å². The maximum Gasteiger partial charge on any atom is 0.177 e. The normalized spacial score (nSPS) is 20.1. The van der Waals surface area contributed by atoms with E-state index in [9.17, 15) is 0 Å². The Labute approximate surface area is 90.3 Å². The minimum absolute atomic E-state index is 0.477. The molecule has 1 aliphatic carbocycles. The highest BCUT2D eigenvalue weighted by molar-refractivity contribution is 7.71. The van der Waals surface area contributed by atoms with Crippen molar-refractivity contribution in [2.24, 2.45) is 5.41 Å². The summed E-state index contributed by atoms with van der Waals surface area (Å²) in [6.07, 6.45) is 7.46. The largest absolute Gasteiger partial charge is 0.337 e. The molecule has 0 spiro atoms. The van der Waals surface area contributed by atoms with Gasteiger partial charge in [0.1, 0.15) is 0 Å². The molecule has 1 aromatic rings. The number of aryl methyl sites for hydroxylation is 1. The second-order valence-electron chi connectivity index (χ2n) is 4.84. The fourth-order valence-corrected chi connectivity index (χ4v) is 2.71. The van der Waals surface area contributed by atoms with Crippen molar-refractivity contribution in [2.45, 2.75) is 46.1 Å². The van der Waals surface area contributed by atoms with Gasteiger partial charge in [-0.05, 0) is 37.4 Å². The summed E-state index contributed by atoms with van der Waals surface area (Å²) < 4.78 is 3.11. The first-order valence-electron chi connectivity index (χ1n) is 5.36. The summed E-state index contributed by atoms with van der Waals surface area (Å²) in [4.78, 5) is 3.11. The van der Waals surface area contributed by atoms with Crippen LogP contribution in [0.25, 0.3) is 0 Å². The molecule has 1 fully saturated rings. The Morgan fingerprint density at radius 3 is 2.64 bits per heavy atom. The summed E-state index contributed by atoms with van der Waals surface area (Å²) in [5.74, 6) is 0. The van der Waals surface area contributed by atoms with Crippen molar-refractivity contribution in [3.05, 3.63) is 16.7 Å². The molecule has 14 heavy (non-hydrogen) atoms. The molecular formula is C11H18N2S. The highest BCUT2D eigenvalue weighted by Crippen LogP contribution is 2.39. The Morgan fingerprint density at radius 1 is 1.50 bits per heavy atom. The maximum absolute atomic E-state index is 5.26. The van der Waals surface area contributed by atoms with Gasteiger partial charge in [0.05, 0.1) is 0 Å². The number of nitrogens with one attached hydrogen (secondary N) is 1. The summed E-state index contributed by atoms with van der Waals surface area (Å²) in [5, 5.41) is 0. The molecule has 0 saturated heterocycles. The average Bonchev–Trinajstić information content (AvgIpc) is 2.68. The van der Waals surface area contributed by atoms with E-state index in [1.165, 1.54) is 31.4 Å². The fourth-order valence-electron chi connectivity index (χ4n) is 2.45. The summed E-state index contributed by atoms with van der Waals surface area (Å²) in [7, 11) is 0. The van der Waals surface area contributed by atoms with E-state index in [0.29, 0.717) is 5.41 Å². The van der Waals surface area contributed by atoms with Crippen molar-refractivity contribution >= 4 is 12.2 Å². The second kappa shape index (κ2) is 3.54. The first-order valence-corrected chi connectivity index (χ1v) is 5.76. The summed E-state index contributed by atoms with van der Waals surface area (Å²) in [6, 6.07) is 0. The highest BCUT2D eigenvalue weighted by Gasteiger charge is 2.29. The number of H-pyrrole nitrogens is 1. The first kappa shape index (κ1) is 9.97. The zero-order valence-corrected chi connectivity index (χ0v) is 9.78. The van der Waals surface area contributed by atoms with Crippen molar-refractivity contribution in [1.29, 1.82) is 0 Å². The topological polar surface area (TPSA) is 20.7 Å². The van der Waals surface area contributed by atoms with Gasteiger partial charge in [0, 0.05) is 18.4 Å². The molecule has 2 rings (SSSR count). The van der Waals surface area contributed by atoms with Gasteiger partial charge in [0.15, 0.2) is 4.77 Å². The quantitative estimate of drug-likeness (QED) is 0.742. The van der Waals surface area contributed by atoms with E-state index in [-0.39, 0.29) is 0 Å². The molecule has 0 aliphatic heterocycles. The summed E-state index contributed by atoms with van der Waals surface area (Å²) >= 11 is 5.26. The van der Waals surface area contributed by atoms with Crippen molar-refractivity contribution in [3.63, 3.8) is 0 Å². The van der Waals surface area contributed by atoms with Gasteiger partial charge in [-0.2, -0.15) is 0 Å². The van der Waals surface area contributed by atoms with Crippen LogP contribution >= 0.6 is 12.2 Å². The van der Waals surface area contributed by atoms with Crippen LogP contribution in [0.4, 0.5) is 0 Å². The van der Waals surface area contributed by atoms with Gasteiger partial charge in [-0.25, -0.2) is 0 Å². The third kappa shape index (κ3) is 1.78. The molecule has 1 heterocycles. The van der Waals surface area contributed by atoms with Crippen molar-refractivity contribution in [2.75, 3.05) is 0 Å². The van der Waals surface area contributed by atoms with Gasteiger partial charge in [-0.15, -0.1) is 0 Å². The Balaban J connectivity index is 2.21. The molecule has 0 unspecified atom stereocenters. The van der Waals surface area contributed by atoms with Gasteiger partial charge < -0.3 is 9.55 Å². The van der Waals surface area contributed by atoms with Crippen molar-refractivity contribution < 1.29 is 0 Å². The van der Waals surface area contributed by atoms with Crippen molar-refractivity contribution in [3.8, 4) is 0 Å². The lowest BCUT2D eigenvalue weighted by Crippen LogP contribution is -2.20. The first-order chi connectivity index (χ1) is 6.61. The monoisotopic (exact) mass is 210 g/mol. The van der Waals surface area contributed by atoms with E-state index < -0.39 is 0 Å².